The molecule has 0 amide bonds. The molecule has 96 heavy (non-hydrogen) atoms. The monoisotopic (exact) mass is 1310 g/mol. The van der Waals surface area contributed by atoms with Gasteiger partial charge in [0.25, 0.3) is 0 Å². The van der Waals surface area contributed by atoms with Gasteiger partial charge in [0, 0.05) is 33.4 Å². The van der Waals surface area contributed by atoms with Crippen molar-refractivity contribution in [1.82, 2.24) is 0 Å². The van der Waals surface area contributed by atoms with Crippen LogP contribution in [0.2, 0.25) is 0 Å². The van der Waals surface area contributed by atoms with E-state index in [0.29, 0.717) is 114 Å². The zero-order valence-corrected chi connectivity index (χ0v) is 60.0. The van der Waals surface area contributed by atoms with E-state index in [1.807, 2.05) is 0 Å². The summed E-state index contributed by atoms with van der Waals surface area (Å²) in [5.74, 6) is 4.29. The van der Waals surface area contributed by atoms with Gasteiger partial charge in [0.05, 0.1) is 119 Å². The first-order valence-electron chi connectivity index (χ1n) is 36.5. The van der Waals surface area contributed by atoms with E-state index in [9.17, 15) is 0 Å². The Morgan fingerprint density at radius 3 is 0.469 bits per heavy atom. The second-order valence-electron chi connectivity index (χ2n) is 25.4. The van der Waals surface area contributed by atoms with E-state index in [-0.39, 0.29) is 39.6 Å². The van der Waals surface area contributed by atoms with E-state index in [0.717, 1.165) is 176 Å². The minimum absolute atomic E-state index is 0.278. The molecule has 8 aromatic rings. The van der Waals surface area contributed by atoms with Crippen molar-refractivity contribution in [2.45, 2.75) is 239 Å². The summed E-state index contributed by atoms with van der Waals surface area (Å²) in [6.45, 7) is 33.3. The highest BCUT2D eigenvalue weighted by molar-refractivity contribution is 5.95. The van der Waals surface area contributed by atoms with Crippen LogP contribution in [0.4, 0.5) is 0 Å². The number of hydrogen-bond acceptors (Lipinski definition) is 12. The lowest BCUT2D eigenvalue weighted by Crippen LogP contribution is -2.17. The van der Waals surface area contributed by atoms with Crippen LogP contribution >= 0.6 is 0 Å². The SMILES string of the molecule is CCCOc1c(OCCC)c2c3ccccc3c1COCc1c(CC)c3c(CC)c(c1CC)COCc1c(OCCC)c(OCCC)c(c4ccccc14)COCc1c(CC)c(c(CC)c(c1CC)COCc1c(OCCC)c(OCCC)c(c4ccccc14)COC3)COC2. The van der Waals surface area contributed by atoms with Gasteiger partial charge in [-0.3, -0.25) is 0 Å². The number of benzene rings is 8. The molecule has 12 bridgehead atoms. The van der Waals surface area contributed by atoms with Crippen molar-refractivity contribution in [1.29, 1.82) is 0 Å². The van der Waals surface area contributed by atoms with Gasteiger partial charge in [-0.1, -0.05) is 156 Å². The Labute approximate surface area is 572 Å². The predicted molar refractivity (Wildman–Crippen MR) is 387 cm³/mol. The van der Waals surface area contributed by atoms with E-state index < -0.39 is 0 Å². The summed E-state index contributed by atoms with van der Waals surface area (Å²) >= 11 is 0. The molecular weight excluding hydrogens is 1200 g/mol. The molecule has 0 aromatic heterocycles. The van der Waals surface area contributed by atoms with Gasteiger partial charge in [-0.25, -0.2) is 0 Å². The van der Waals surface area contributed by atoms with Crippen LogP contribution in [-0.2, 0) is 146 Å². The molecule has 0 spiro atoms. The largest absolute Gasteiger partial charge is 0.489 e. The molecule has 0 radical (unpaired) electrons. The zero-order valence-electron chi connectivity index (χ0n) is 60.0. The lowest BCUT2D eigenvalue weighted by atomic mass is 9.84. The summed E-state index contributed by atoms with van der Waals surface area (Å²) < 4.78 is 85.6. The molecule has 0 atom stereocenters. The minimum atomic E-state index is 0.278. The topological polar surface area (TPSA) is 111 Å². The summed E-state index contributed by atoms with van der Waals surface area (Å²) in [6, 6.07) is 25.9. The molecule has 12 nitrogen and oxygen atoms in total. The Hall–Kier alpha value is -6.90. The first kappa shape index (κ1) is 71.9. The number of fused-ring (bicyclic) bond motifs is 2. The maximum Gasteiger partial charge on any atom is 0.167 e. The molecular formula is C84H108O12. The molecule has 5 heterocycles. The fraction of sp³-hybridized carbons (Fsp3) is 0.500. The van der Waals surface area contributed by atoms with Crippen molar-refractivity contribution in [3.63, 3.8) is 0 Å². The Morgan fingerprint density at radius 2 is 0.344 bits per heavy atom. The van der Waals surface area contributed by atoms with Crippen molar-refractivity contribution in [2.75, 3.05) is 39.6 Å². The smallest absolute Gasteiger partial charge is 0.167 e. The zero-order chi connectivity index (χ0) is 67.5. The standard InChI is InChI=1S/C84H108O12/c1-13-37-91-79-73-49-85-43-67-55(19-7)69-45-87-51-75-63-33-27-29-35-65(63)77(83(95-41-17-5)81(75)93-39-15-3)53-89-47-71-57(21-9)68(44-86-50-74(80(79)92-38-14-2)62-32-26-25-31-61(62)73)58(22-10)72(60(71)24-12)48-90-54-78-66-36-30-28-34-64(66)76(82(94-40-16-4)84(78)96-42-18-6)52-88-46-70(56(67)20-8)59(69)23-11/h25-36H,13-24,37-54H2,1-12H3. The fourth-order valence-corrected chi connectivity index (χ4v) is 14.9. The summed E-state index contributed by atoms with van der Waals surface area (Å²) in [4.78, 5) is 0. The van der Waals surface area contributed by atoms with E-state index in [1.54, 1.807) is 0 Å². The number of hydrogen-bond donors (Lipinski definition) is 0. The van der Waals surface area contributed by atoms with Crippen LogP contribution in [-0.4, -0.2) is 39.6 Å². The molecule has 0 aliphatic carbocycles. The Bertz CT molecular complexity index is 3230. The average molecular weight is 1310 g/mol. The Balaban J connectivity index is 1.29. The fourth-order valence-electron chi connectivity index (χ4n) is 14.9. The van der Waals surface area contributed by atoms with E-state index >= 15 is 0 Å². The maximum absolute atomic E-state index is 7.30. The molecule has 8 aromatic carbocycles. The van der Waals surface area contributed by atoms with Crippen LogP contribution in [0.3, 0.4) is 0 Å². The second-order valence-corrected chi connectivity index (χ2v) is 25.4. The van der Waals surface area contributed by atoms with Gasteiger partial charge in [0.2, 0.25) is 0 Å². The summed E-state index contributed by atoms with van der Waals surface area (Å²) in [6.07, 6.45) is 9.50. The average Bonchev–Trinajstić information content (AvgIpc) is 0.786. The molecule has 5 aliphatic rings. The summed E-state index contributed by atoms with van der Waals surface area (Å²) in [7, 11) is 0. The highest BCUT2D eigenvalue weighted by atomic mass is 16.5. The highest BCUT2D eigenvalue weighted by Crippen LogP contribution is 2.48. The molecule has 0 N–H and O–H groups in total. The van der Waals surface area contributed by atoms with Crippen molar-refractivity contribution >= 4 is 32.3 Å². The lowest BCUT2D eigenvalue weighted by Gasteiger charge is -2.28. The molecule has 516 valence electrons. The molecule has 0 saturated heterocycles. The molecule has 12 heteroatoms. The van der Waals surface area contributed by atoms with Gasteiger partial charge in [0.1, 0.15) is 0 Å². The van der Waals surface area contributed by atoms with Crippen LogP contribution in [0, 0.1) is 0 Å². The van der Waals surface area contributed by atoms with E-state index in [2.05, 4.69) is 156 Å². The normalized spacial score (nSPS) is 14.2. The summed E-state index contributed by atoms with van der Waals surface area (Å²) in [5.41, 5.74) is 20.1. The quantitative estimate of drug-likeness (QED) is 0.0574. The Morgan fingerprint density at radius 1 is 0.208 bits per heavy atom. The third-order valence-corrected chi connectivity index (χ3v) is 19.1. The third-order valence-electron chi connectivity index (χ3n) is 19.1. The number of rotatable bonds is 24. The minimum Gasteiger partial charge on any atom is -0.489 e. The Kier molecular flexibility index (Phi) is 26.6. The van der Waals surface area contributed by atoms with E-state index in [4.69, 9.17) is 56.8 Å². The van der Waals surface area contributed by atoms with Crippen LogP contribution in [0.5, 0.6) is 34.5 Å². The molecule has 5 aliphatic heterocycles. The van der Waals surface area contributed by atoms with Crippen molar-refractivity contribution in [3.05, 3.63) is 173 Å². The molecule has 0 unspecified atom stereocenters. The third kappa shape index (κ3) is 15.2. The molecule has 0 fully saturated rings. The van der Waals surface area contributed by atoms with Gasteiger partial charge in [0.15, 0.2) is 34.5 Å². The lowest BCUT2D eigenvalue weighted by molar-refractivity contribution is 0.0919. The second kappa shape index (κ2) is 35.6. The van der Waals surface area contributed by atoms with Crippen molar-refractivity contribution < 1.29 is 56.8 Å². The van der Waals surface area contributed by atoms with Crippen molar-refractivity contribution in [2.24, 2.45) is 0 Å². The van der Waals surface area contributed by atoms with Gasteiger partial charge >= 0.3 is 0 Å². The van der Waals surface area contributed by atoms with Crippen molar-refractivity contribution in [3.8, 4) is 34.5 Å². The maximum atomic E-state index is 7.30. The van der Waals surface area contributed by atoms with Crippen LogP contribution in [0.15, 0.2) is 72.8 Å². The molecule has 13 rings (SSSR count). The molecule has 0 saturated carbocycles. The van der Waals surface area contributed by atoms with Gasteiger partial charge in [-0.2, -0.15) is 0 Å². The van der Waals surface area contributed by atoms with Crippen LogP contribution in [0.1, 0.15) is 222 Å². The highest BCUT2D eigenvalue weighted by Gasteiger charge is 2.31. The van der Waals surface area contributed by atoms with E-state index in [1.165, 1.54) is 33.4 Å². The first-order chi connectivity index (χ1) is 47.2. The van der Waals surface area contributed by atoms with Gasteiger partial charge < -0.3 is 56.8 Å². The van der Waals surface area contributed by atoms with Crippen LogP contribution in [0.25, 0.3) is 32.3 Å². The van der Waals surface area contributed by atoms with Crippen LogP contribution < -0.4 is 28.4 Å². The predicted octanol–water partition coefficient (Wildman–Crippen LogP) is 20.2. The first-order valence-corrected chi connectivity index (χ1v) is 36.5. The number of ether oxygens (including phenoxy) is 12. The summed E-state index contributed by atoms with van der Waals surface area (Å²) in [5, 5.41) is 6.31. The van der Waals surface area contributed by atoms with Gasteiger partial charge in [-0.05, 0) is 176 Å². The van der Waals surface area contributed by atoms with Gasteiger partial charge in [-0.15, -0.1) is 0 Å².